The summed E-state index contributed by atoms with van der Waals surface area (Å²) in [5.41, 5.74) is 1.90. The zero-order valence-electron chi connectivity index (χ0n) is 12.6. The summed E-state index contributed by atoms with van der Waals surface area (Å²) in [6.45, 7) is 1.85. The first-order valence-corrected chi connectivity index (χ1v) is 9.02. The molecular weight excluding hydrogens is 302 g/mol. The fraction of sp³-hybridized carbons (Fsp3) is 0.400. The van der Waals surface area contributed by atoms with E-state index in [-0.39, 0.29) is 23.1 Å². The first-order valence-electron chi connectivity index (χ1n) is 7.20. The third kappa shape index (κ3) is 2.56. The summed E-state index contributed by atoms with van der Waals surface area (Å²) >= 11 is 0. The van der Waals surface area contributed by atoms with Crippen LogP contribution < -0.4 is 10.9 Å². The van der Waals surface area contributed by atoms with E-state index in [0.717, 1.165) is 11.4 Å². The van der Waals surface area contributed by atoms with E-state index in [1.165, 1.54) is 0 Å². The van der Waals surface area contributed by atoms with Gasteiger partial charge in [0, 0.05) is 13.1 Å². The molecule has 0 radical (unpaired) electrons. The molecule has 1 unspecified atom stereocenters. The Hall–Kier alpha value is -2.02. The summed E-state index contributed by atoms with van der Waals surface area (Å²) in [5.74, 6) is 0.273. The molecule has 1 aliphatic rings. The van der Waals surface area contributed by atoms with Crippen LogP contribution in [0.2, 0.25) is 0 Å². The fourth-order valence-corrected chi connectivity index (χ4v) is 4.52. The Kier molecular flexibility index (Phi) is 3.60. The number of nitrogens with zero attached hydrogens (tertiary/aromatic N) is 2. The first kappa shape index (κ1) is 14.9. The van der Waals surface area contributed by atoms with E-state index in [1.54, 1.807) is 9.36 Å². The summed E-state index contributed by atoms with van der Waals surface area (Å²) in [7, 11) is -1.16. The van der Waals surface area contributed by atoms with Gasteiger partial charge in [-0.05, 0) is 25.5 Å². The highest BCUT2D eigenvalue weighted by atomic mass is 32.2. The molecule has 2 aromatic rings. The normalized spacial score (nSPS) is 20.2. The second kappa shape index (κ2) is 5.31. The molecular formula is C15H19N3O3S. The Morgan fingerprint density at radius 1 is 1.23 bits per heavy atom. The van der Waals surface area contributed by atoms with Gasteiger partial charge in [-0.1, -0.05) is 18.2 Å². The standard InChI is InChI=1S/C15H19N3O3S/c1-11-14(16-12-8-9-22(20,21)10-12)15(19)18(17(11)2)13-6-4-3-5-7-13/h3-7,12,16H,8-10H2,1-2H3. The SMILES string of the molecule is Cc1c(NC2CCS(=O)(=O)C2)c(=O)n(-c2ccccc2)n1C. The van der Waals surface area contributed by atoms with E-state index in [9.17, 15) is 13.2 Å². The molecule has 0 spiro atoms. The molecule has 1 fully saturated rings. The molecule has 1 N–H and O–H groups in total. The molecule has 1 aromatic heterocycles. The van der Waals surface area contributed by atoms with Crippen LogP contribution in [0.4, 0.5) is 5.69 Å². The quantitative estimate of drug-likeness (QED) is 0.918. The summed E-state index contributed by atoms with van der Waals surface area (Å²) in [6, 6.07) is 9.19. The monoisotopic (exact) mass is 321 g/mol. The minimum absolute atomic E-state index is 0.0894. The van der Waals surface area contributed by atoms with Gasteiger partial charge in [-0.3, -0.25) is 9.48 Å². The predicted octanol–water partition coefficient (Wildman–Crippen LogP) is 1.08. The highest BCUT2D eigenvalue weighted by Gasteiger charge is 2.29. The van der Waals surface area contributed by atoms with E-state index in [4.69, 9.17) is 0 Å². The number of anilines is 1. The molecule has 1 aliphatic heterocycles. The van der Waals surface area contributed by atoms with Crippen molar-refractivity contribution >= 4 is 15.5 Å². The summed E-state index contributed by atoms with van der Waals surface area (Å²) in [4.78, 5) is 12.7. The van der Waals surface area contributed by atoms with Crippen molar-refractivity contribution in [2.45, 2.75) is 19.4 Å². The molecule has 118 valence electrons. The molecule has 2 heterocycles. The van der Waals surface area contributed by atoms with Gasteiger partial charge in [0.05, 0.1) is 22.9 Å². The van der Waals surface area contributed by atoms with Crippen molar-refractivity contribution in [3.05, 3.63) is 46.4 Å². The van der Waals surface area contributed by atoms with Gasteiger partial charge in [-0.25, -0.2) is 13.1 Å². The number of aromatic nitrogens is 2. The van der Waals surface area contributed by atoms with Gasteiger partial charge in [0.15, 0.2) is 9.84 Å². The zero-order chi connectivity index (χ0) is 15.9. The molecule has 7 heteroatoms. The number of benzene rings is 1. The minimum atomic E-state index is -2.97. The smallest absolute Gasteiger partial charge is 0.295 e. The molecule has 0 aliphatic carbocycles. The number of hydrogen-bond acceptors (Lipinski definition) is 4. The van der Waals surface area contributed by atoms with Crippen LogP contribution in [0, 0.1) is 6.92 Å². The van der Waals surface area contributed by atoms with Crippen molar-refractivity contribution in [1.29, 1.82) is 0 Å². The van der Waals surface area contributed by atoms with Crippen LogP contribution >= 0.6 is 0 Å². The minimum Gasteiger partial charge on any atom is -0.375 e. The molecule has 0 amide bonds. The van der Waals surface area contributed by atoms with Crippen LogP contribution in [-0.2, 0) is 16.9 Å². The van der Waals surface area contributed by atoms with E-state index >= 15 is 0 Å². The molecule has 1 aromatic carbocycles. The predicted molar refractivity (Wildman–Crippen MR) is 86.4 cm³/mol. The van der Waals surface area contributed by atoms with Crippen LogP contribution in [0.3, 0.4) is 0 Å². The van der Waals surface area contributed by atoms with Crippen molar-refractivity contribution in [3.8, 4) is 5.69 Å². The second-order valence-electron chi connectivity index (χ2n) is 5.68. The Morgan fingerprint density at radius 3 is 2.50 bits per heavy atom. The highest BCUT2D eigenvalue weighted by molar-refractivity contribution is 7.91. The average molecular weight is 321 g/mol. The van der Waals surface area contributed by atoms with Crippen molar-refractivity contribution < 1.29 is 8.42 Å². The summed E-state index contributed by atoms with van der Waals surface area (Å²) < 4.78 is 26.5. The van der Waals surface area contributed by atoms with E-state index < -0.39 is 9.84 Å². The lowest BCUT2D eigenvalue weighted by molar-refractivity contribution is 0.602. The van der Waals surface area contributed by atoms with E-state index in [0.29, 0.717) is 12.1 Å². The van der Waals surface area contributed by atoms with Crippen LogP contribution in [-0.4, -0.2) is 35.3 Å². The lowest BCUT2D eigenvalue weighted by atomic mass is 10.2. The topological polar surface area (TPSA) is 73.1 Å². The maximum absolute atomic E-state index is 12.7. The maximum Gasteiger partial charge on any atom is 0.295 e. The molecule has 1 atom stereocenters. The highest BCUT2D eigenvalue weighted by Crippen LogP contribution is 2.19. The molecule has 0 bridgehead atoms. The molecule has 0 saturated carbocycles. The zero-order valence-corrected chi connectivity index (χ0v) is 13.4. The summed E-state index contributed by atoms with van der Waals surface area (Å²) in [5, 5.41) is 3.13. The largest absolute Gasteiger partial charge is 0.375 e. The van der Waals surface area contributed by atoms with E-state index in [1.807, 2.05) is 44.3 Å². The van der Waals surface area contributed by atoms with Gasteiger partial charge < -0.3 is 5.32 Å². The molecule has 1 saturated heterocycles. The number of sulfone groups is 1. The van der Waals surface area contributed by atoms with Gasteiger partial charge in [0.2, 0.25) is 0 Å². The van der Waals surface area contributed by atoms with Crippen molar-refractivity contribution in [3.63, 3.8) is 0 Å². The van der Waals surface area contributed by atoms with Crippen molar-refractivity contribution in [1.82, 2.24) is 9.36 Å². The summed E-state index contributed by atoms with van der Waals surface area (Å²) in [6.07, 6.45) is 0.543. The second-order valence-corrected chi connectivity index (χ2v) is 7.91. The van der Waals surface area contributed by atoms with Crippen LogP contribution in [0.25, 0.3) is 5.69 Å². The van der Waals surface area contributed by atoms with Crippen LogP contribution in [0.1, 0.15) is 12.1 Å². The van der Waals surface area contributed by atoms with Gasteiger partial charge >= 0.3 is 0 Å². The lowest BCUT2D eigenvalue weighted by Crippen LogP contribution is -2.26. The van der Waals surface area contributed by atoms with Gasteiger partial charge in [-0.2, -0.15) is 0 Å². The van der Waals surface area contributed by atoms with Gasteiger partial charge in [0.1, 0.15) is 5.69 Å². The Bertz CT molecular complexity index is 850. The Morgan fingerprint density at radius 2 is 1.91 bits per heavy atom. The number of hydrogen-bond donors (Lipinski definition) is 1. The van der Waals surface area contributed by atoms with Gasteiger partial charge in [0.25, 0.3) is 5.56 Å². The fourth-order valence-electron chi connectivity index (χ4n) is 2.85. The lowest BCUT2D eigenvalue weighted by Gasteiger charge is -2.10. The number of rotatable bonds is 3. The number of nitrogens with one attached hydrogen (secondary N) is 1. The number of para-hydroxylation sites is 1. The van der Waals surface area contributed by atoms with Crippen molar-refractivity contribution in [2.24, 2.45) is 7.05 Å². The third-order valence-corrected chi connectivity index (χ3v) is 5.90. The van der Waals surface area contributed by atoms with Crippen LogP contribution in [0.15, 0.2) is 35.1 Å². The average Bonchev–Trinajstić information content (AvgIpc) is 2.93. The Labute approximate surface area is 129 Å². The molecule has 22 heavy (non-hydrogen) atoms. The van der Waals surface area contributed by atoms with Crippen LogP contribution in [0.5, 0.6) is 0 Å². The van der Waals surface area contributed by atoms with Gasteiger partial charge in [-0.15, -0.1) is 0 Å². The third-order valence-electron chi connectivity index (χ3n) is 4.14. The molecule has 3 rings (SSSR count). The maximum atomic E-state index is 12.7. The molecule has 6 nitrogen and oxygen atoms in total. The van der Waals surface area contributed by atoms with E-state index in [2.05, 4.69) is 5.32 Å². The Balaban J connectivity index is 1.99. The van der Waals surface area contributed by atoms with Crippen molar-refractivity contribution in [2.75, 3.05) is 16.8 Å². The first-order chi connectivity index (χ1) is 10.4.